The van der Waals surface area contributed by atoms with Crippen LogP contribution in [0.25, 0.3) is 0 Å². The van der Waals surface area contributed by atoms with E-state index >= 15 is 0 Å². The summed E-state index contributed by atoms with van der Waals surface area (Å²) in [6.07, 6.45) is 3.48. The maximum atomic E-state index is 13.1. The first-order valence-electron chi connectivity index (χ1n) is 6.77. The highest BCUT2D eigenvalue weighted by atomic mass is 19.1. The second kappa shape index (κ2) is 6.30. The molecule has 18 heavy (non-hydrogen) atoms. The molecule has 3 unspecified atom stereocenters. The number of rotatable bonds is 5. The molecule has 0 amide bonds. The lowest BCUT2D eigenvalue weighted by molar-refractivity contribution is 0.0804. The van der Waals surface area contributed by atoms with Crippen molar-refractivity contribution in [1.29, 1.82) is 0 Å². The lowest BCUT2D eigenvalue weighted by Crippen LogP contribution is -2.42. The predicted octanol–water partition coefficient (Wildman–Crippen LogP) is 2.91. The first-order chi connectivity index (χ1) is 8.65. The first-order valence-corrected chi connectivity index (χ1v) is 6.77. The summed E-state index contributed by atoms with van der Waals surface area (Å²) in [5.41, 5.74) is 1.04. The second-order valence-corrected chi connectivity index (χ2v) is 5.24. The van der Waals surface area contributed by atoms with Gasteiger partial charge in [0.15, 0.2) is 0 Å². The zero-order chi connectivity index (χ0) is 13.0. The van der Waals surface area contributed by atoms with Crippen molar-refractivity contribution in [3.63, 3.8) is 0 Å². The predicted molar refractivity (Wildman–Crippen MR) is 71.1 cm³/mol. The van der Waals surface area contributed by atoms with Gasteiger partial charge in [0, 0.05) is 18.7 Å². The Hall–Kier alpha value is -0.930. The SMILES string of the molecule is CC(Cc1cccc(F)c1)NC(C)C1CCCO1. The zero-order valence-corrected chi connectivity index (χ0v) is 11.2. The van der Waals surface area contributed by atoms with Crippen molar-refractivity contribution in [2.24, 2.45) is 0 Å². The third-order valence-electron chi connectivity index (χ3n) is 3.50. The standard InChI is InChI=1S/C15H22FNO/c1-11(9-13-5-3-6-14(16)10-13)17-12(2)15-7-4-8-18-15/h3,5-6,10-12,15,17H,4,7-9H2,1-2H3. The van der Waals surface area contributed by atoms with E-state index in [4.69, 9.17) is 4.74 Å². The first kappa shape index (κ1) is 13.5. The van der Waals surface area contributed by atoms with Crippen LogP contribution in [0.5, 0.6) is 0 Å². The smallest absolute Gasteiger partial charge is 0.123 e. The molecule has 1 aliphatic heterocycles. The van der Waals surface area contributed by atoms with Crippen LogP contribution in [0.15, 0.2) is 24.3 Å². The fourth-order valence-electron chi connectivity index (χ4n) is 2.63. The molecule has 1 fully saturated rings. The molecule has 1 aliphatic rings. The van der Waals surface area contributed by atoms with Crippen LogP contribution in [-0.4, -0.2) is 24.8 Å². The van der Waals surface area contributed by atoms with Crippen LogP contribution in [0, 0.1) is 5.82 Å². The number of benzene rings is 1. The van der Waals surface area contributed by atoms with E-state index in [0.717, 1.165) is 31.4 Å². The summed E-state index contributed by atoms with van der Waals surface area (Å²) < 4.78 is 18.7. The molecule has 1 heterocycles. The van der Waals surface area contributed by atoms with Gasteiger partial charge in [0.2, 0.25) is 0 Å². The van der Waals surface area contributed by atoms with Gasteiger partial charge < -0.3 is 10.1 Å². The van der Waals surface area contributed by atoms with E-state index in [1.54, 1.807) is 12.1 Å². The number of hydrogen-bond donors (Lipinski definition) is 1. The highest BCUT2D eigenvalue weighted by Gasteiger charge is 2.23. The van der Waals surface area contributed by atoms with Gasteiger partial charge in [-0.15, -0.1) is 0 Å². The Morgan fingerprint density at radius 1 is 1.44 bits per heavy atom. The Labute approximate surface area is 109 Å². The minimum Gasteiger partial charge on any atom is -0.377 e. The molecule has 2 nitrogen and oxygen atoms in total. The third-order valence-corrected chi connectivity index (χ3v) is 3.50. The minimum absolute atomic E-state index is 0.160. The van der Waals surface area contributed by atoms with E-state index in [2.05, 4.69) is 19.2 Å². The molecular weight excluding hydrogens is 229 g/mol. The van der Waals surface area contributed by atoms with Crippen LogP contribution in [0.4, 0.5) is 4.39 Å². The Bertz CT molecular complexity index is 377. The van der Waals surface area contributed by atoms with Crippen LogP contribution >= 0.6 is 0 Å². The normalized spacial score (nSPS) is 22.9. The average Bonchev–Trinajstić information content (AvgIpc) is 2.81. The van der Waals surface area contributed by atoms with Gasteiger partial charge in [0.1, 0.15) is 5.82 Å². The van der Waals surface area contributed by atoms with E-state index < -0.39 is 0 Å². The number of nitrogens with one attached hydrogen (secondary N) is 1. The topological polar surface area (TPSA) is 21.3 Å². The van der Waals surface area contributed by atoms with Gasteiger partial charge in [-0.25, -0.2) is 4.39 Å². The lowest BCUT2D eigenvalue weighted by atomic mass is 10.0. The molecule has 1 saturated heterocycles. The molecule has 100 valence electrons. The monoisotopic (exact) mass is 251 g/mol. The van der Waals surface area contributed by atoms with Crippen LogP contribution in [0.3, 0.4) is 0 Å². The van der Waals surface area contributed by atoms with Gasteiger partial charge in [-0.05, 0) is 50.8 Å². The van der Waals surface area contributed by atoms with Crippen molar-refractivity contribution < 1.29 is 9.13 Å². The van der Waals surface area contributed by atoms with Gasteiger partial charge in [-0.2, -0.15) is 0 Å². The molecule has 3 heteroatoms. The average molecular weight is 251 g/mol. The fraction of sp³-hybridized carbons (Fsp3) is 0.600. The Balaban J connectivity index is 1.82. The van der Waals surface area contributed by atoms with E-state index in [0.29, 0.717) is 18.2 Å². The molecule has 0 bridgehead atoms. The number of ether oxygens (including phenoxy) is 1. The van der Waals surface area contributed by atoms with E-state index in [1.165, 1.54) is 6.07 Å². The molecule has 1 N–H and O–H groups in total. The molecule has 2 rings (SSSR count). The van der Waals surface area contributed by atoms with Gasteiger partial charge in [-0.3, -0.25) is 0 Å². The molecule has 0 aliphatic carbocycles. The molecule has 1 aromatic rings. The summed E-state index contributed by atoms with van der Waals surface area (Å²) in [4.78, 5) is 0. The third kappa shape index (κ3) is 3.79. The van der Waals surface area contributed by atoms with Crippen molar-refractivity contribution in [1.82, 2.24) is 5.32 Å². The summed E-state index contributed by atoms with van der Waals surface area (Å²) in [6, 6.07) is 7.51. The molecule has 0 spiro atoms. The van der Waals surface area contributed by atoms with Gasteiger partial charge in [-0.1, -0.05) is 12.1 Å². The van der Waals surface area contributed by atoms with E-state index in [-0.39, 0.29) is 5.82 Å². The Morgan fingerprint density at radius 3 is 2.94 bits per heavy atom. The number of hydrogen-bond acceptors (Lipinski definition) is 2. The summed E-state index contributed by atoms with van der Waals surface area (Å²) in [5.74, 6) is -0.160. The van der Waals surface area contributed by atoms with Gasteiger partial charge in [0.05, 0.1) is 6.10 Å². The minimum atomic E-state index is -0.160. The van der Waals surface area contributed by atoms with Gasteiger partial charge >= 0.3 is 0 Å². The molecule has 0 aromatic heterocycles. The fourth-order valence-corrected chi connectivity index (χ4v) is 2.63. The second-order valence-electron chi connectivity index (χ2n) is 5.24. The molecule has 1 aromatic carbocycles. The van der Waals surface area contributed by atoms with Crippen molar-refractivity contribution in [2.75, 3.05) is 6.61 Å². The lowest BCUT2D eigenvalue weighted by Gasteiger charge is -2.24. The van der Waals surface area contributed by atoms with Crippen molar-refractivity contribution in [3.8, 4) is 0 Å². The van der Waals surface area contributed by atoms with E-state index in [1.807, 2.05) is 6.07 Å². The maximum Gasteiger partial charge on any atom is 0.123 e. The summed E-state index contributed by atoms with van der Waals surface area (Å²) in [5, 5.41) is 3.54. The Kier molecular flexibility index (Phi) is 4.72. The summed E-state index contributed by atoms with van der Waals surface area (Å²) in [6.45, 7) is 5.18. The maximum absolute atomic E-state index is 13.1. The number of halogens is 1. The Morgan fingerprint density at radius 2 is 2.28 bits per heavy atom. The van der Waals surface area contributed by atoms with Crippen LogP contribution in [-0.2, 0) is 11.2 Å². The molecular formula is C15H22FNO. The quantitative estimate of drug-likeness (QED) is 0.868. The largest absolute Gasteiger partial charge is 0.377 e. The van der Waals surface area contributed by atoms with Crippen LogP contribution in [0.1, 0.15) is 32.3 Å². The highest BCUT2D eigenvalue weighted by molar-refractivity contribution is 5.17. The van der Waals surface area contributed by atoms with E-state index in [9.17, 15) is 4.39 Å². The highest BCUT2D eigenvalue weighted by Crippen LogP contribution is 2.16. The van der Waals surface area contributed by atoms with Crippen molar-refractivity contribution >= 4 is 0 Å². The summed E-state index contributed by atoms with van der Waals surface area (Å²) >= 11 is 0. The van der Waals surface area contributed by atoms with Crippen LogP contribution < -0.4 is 5.32 Å². The van der Waals surface area contributed by atoms with Crippen LogP contribution in [0.2, 0.25) is 0 Å². The van der Waals surface area contributed by atoms with Crippen molar-refractivity contribution in [3.05, 3.63) is 35.6 Å². The molecule has 3 atom stereocenters. The molecule has 0 radical (unpaired) electrons. The van der Waals surface area contributed by atoms with Crippen molar-refractivity contribution in [2.45, 2.75) is 51.3 Å². The molecule has 0 saturated carbocycles. The van der Waals surface area contributed by atoms with Gasteiger partial charge in [0.25, 0.3) is 0 Å². The zero-order valence-electron chi connectivity index (χ0n) is 11.2. The summed E-state index contributed by atoms with van der Waals surface area (Å²) in [7, 11) is 0.